The first-order valence-electron chi connectivity index (χ1n) is 10.7. The van der Waals surface area contributed by atoms with E-state index in [1.165, 1.54) is 12.8 Å². The van der Waals surface area contributed by atoms with Gasteiger partial charge >= 0.3 is 0 Å². The van der Waals surface area contributed by atoms with Crippen molar-refractivity contribution in [3.8, 4) is 11.1 Å². The van der Waals surface area contributed by atoms with Crippen LogP contribution in [-0.2, 0) is 11.2 Å². The summed E-state index contributed by atoms with van der Waals surface area (Å²) in [6.07, 6.45) is 12.7. The number of hydrogen-bond acceptors (Lipinski definition) is 5. The lowest BCUT2D eigenvalue weighted by molar-refractivity contribution is -0.126. The van der Waals surface area contributed by atoms with Gasteiger partial charge in [-0.05, 0) is 49.4 Å². The first-order chi connectivity index (χ1) is 15.2. The number of aliphatic imine (C=N–C) groups is 1. The second-order valence-electron chi connectivity index (χ2n) is 8.35. The molecular formula is C24H22N6O. The van der Waals surface area contributed by atoms with Gasteiger partial charge in [0.1, 0.15) is 18.7 Å². The van der Waals surface area contributed by atoms with Gasteiger partial charge in [0, 0.05) is 48.4 Å². The Morgan fingerprint density at radius 1 is 1.10 bits per heavy atom. The van der Waals surface area contributed by atoms with Crippen LogP contribution in [0.4, 0.5) is 0 Å². The maximum atomic E-state index is 12.9. The predicted octanol–water partition coefficient (Wildman–Crippen LogP) is 3.21. The molecule has 154 valence electrons. The van der Waals surface area contributed by atoms with Gasteiger partial charge in [-0.1, -0.05) is 6.07 Å². The van der Waals surface area contributed by atoms with E-state index in [1.54, 1.807) is 6.33 Å². The summed E-state index contributed by atoms with van der Waals surface area (Å²) in [5, 5.41) is 0. The zero-order valence-electron chi connectivity index (χ0n) is 17.3. The van der Waals surface area contributed by atoms with Crippen molar-refractivity contribution in [1.82, 2.24) is 24.4 Å². The standard InChI is InChI=1S/C24H22N6O/c1-15-2-3-17(11-26-15)18-6-8-25-24-19(18)7-9-30-21(24)10-22(27-12-23(30)31)29-13-20(28-14-29)16-4-5-16/h2-3,6,8,10-11,13-14,16H,4-5,7,9,12H2,1H3. The highest BCUT2D eigenvalue weighted by atomic mass is 16.2. The van der Waals surface area contributed by atoms with Gasteiger partial charge < -0.3 is 4.90 Å². The Bertz CT molecular complexity index is 1250. The number of carbonyl (C=O) groups excluding carboxylic acids is 1. The van der Waals surface area contributed by atoms with Crippen LogP contribution < -0.4 is 0 Å². The van der Waals surface area contributed by atoms with Gasteiger partial charge in [0.2, 0.25) is 5.91 Å². The molecule has 0 radical (unpaired) electrons. The Kier molecular flexibility index (Phi) is 4.09. The Hall–Kier alpha value is -3.61. The minimum atomic E-state index is -0.00126. The average molecular weight is 410 g/mol. The van der Waals surface area contributed by atoms with Gasteiger partial charge in [-0.3, -0.25) is 24.3 Å². The molecule has 0 bridgehead atoms. The molecule has 3 aromatic rings. The average Bonchev–Trinajstić information content (AvgIpc) is 3.56. The third-order valence-corrected chi connectivity index (χ3v) is 6.20. The number of amides is 1. The SMILES string of the molecule is Cc1ccc(-c2ccnc3c2CCN2C(=O)CN=C(n4cnc(C5CC5)c4)C=C32)cn1. The van der Waals surface area contributed by atoms with Crippen molar-refractivity contribution < 1.29 is 4.79 Å². The van der Waals surface area contributed by atoms with Crippen LogP contribution in [0, 0.1) is 6.92 Å². The summed E-state index contributed by atoms with van der Waals surface area (Å²) in [7, 11) is 0. The number of aromatic nitrogens is 4. The molecule has 5 heterocycles. The molecule has 7 nitrogen and oxygen atoms in total. The van der Waals surface area contributed by atoms with E-state index in [2.05, 4.69) is 21.0 Å². The van der Waals surface area contributed by atoms with Gasteiger partial charge in [-0.15, -0.1) is 0 Å². The lowest BCUT2D eigenvalue weighted by Gasteiger charge is -2.31. The Balaban J connectivity index is 1.45. The molecule has 1 saturated carbocycles. The quantitative estimate of drug-likeness (QED) is 0.650. The van der Waals surface area contributed by atoms with E-state index in [-0.39, 0.29) is 12.5 Å². The van der Waals surface area contributed by atoms with Crippen LogP contribution in [0.5, 0.6) is 0 Å². The number of fused-ring (bicyclic) bond motifs is 3. The fourth-order valence-electron chi connectivity index (χ4n) is 4.35. The highest BCUT2D eigenvalue weighted by molar-refractivity contribution is 6.06. The van der Waals surface area contributed by atoms with E-state index in [9.17, 15) is 4.79 Å². The number of allylic oxidation sites excluding steroid dienone is 1. The van der Waals surface area contributed by atoms with Crippen LogP contribution in [0.25, 0.3) is 16.8 Å². The van der Waals surface area contributed by atoms with Crippen LogP contribution in [0.2, 0.25) is 0 Å². The van der Waals surface area contributed by atoms with E-state index < -0.39 is 0 Å². The molecule has 0 unspecified atom stereocenters. The van der Waals surface area contributed by atoms with Crippen molar-refractivity contribution in [1.29, 1.82) is 0 Å². The smallest absolute Gasteiger partial charge is 0.248 e. The number of hydrogen-bond donors (Lipinski definition) is 0. The van der Waals surface area contributed by atoms with Crippen LogP contribution in [0.1, 0.15) is 41.4 Å². The molecule has 1 amide bonds. The second kappa shape index (κ2) is 6.97. The number of aryl methyl sites for hydroxylation is 1. The maximum absolute atomic E-state index is 12.9. The molecule has 0 N–H and O–H groups in total. The summed E-state index contributed by atoms with van der Waals surface area (Å²) >= 11 is 0. The normalized spacial score (nSPS) is 18.1. The van der Waals surface area contributed by atoms with Crippen molar-refractivity contribution in [3.63, 3.8) is 0 Å². The summed E-state index contributed by atoms with van der Waals surface area (Å²) in [6, 6.07) is 6.15. The van der Waals surface area contributed by atoms with E-state index in [1.807, 2.05) is 53.2 Å². The summed E-state index contributed by atoms with van der Waals surface area (Å²) in [5.74, 6) is 1.29. The van der Waals surface area contributed by atoms with Crippen LogP contribution in [0.3, 0.4) is 0 Å². The lowest BCUT2D eigenvalue weighted by Crippen LogP contribution is -2.36. The van der Waals surface area contributed by atoms with Crippen LogP contribution in [-0.4, -0.2) is 49.3 Å². The van der Waals surface area contributed by atoms with E-state index in [0.29, 0.717) is 12.5 Å². The Morgan fingerprint density at radius 3 is 2.81 bits per heavy atom. The lowest BCUT2D eigenvalue weighted by atomic mass is 9.93. The third-order valence-electron chi connectivity index (χ3n) is 6.20. The maximum Gasteiger partial charge on any atom is 0.248 e. The first kappa shape index (κ1) is 18.2. The van der Waals surface area contributed by atoms with Gasteiger partial charge in [0.25, 0.3) is 0 Å². The molecule has 1 fully saturated rings. The number of rotatable bonds is 2. The monoisotopic (exact) mass is 410 g/mol. The zero-order valence-corrected chi connectivity index (χ0v) is 17.3. The highest BCUT2D eigenvalue weighted by Crippen LogP contribution is 2.39. The molecule has 0 aromatic carbocycles. The Morgan fingerprint density at radius 2 is 2.00 bits per heavy atom. The summed E-state index contributed by atoms with van der Waals surface area (Å²) < 4.78 is 1.93. The van der Waals surface area contributed by atoms with Gasteiger partial charge in [-0.2, -0.15) is 0 Å². The minimum absolute atomic E-state index is 0.00126. The third kappa shape index (κ3) is 3.17. The fraction of sp³-hybridized carbons (Fsp3) is 0.292. The number of carbonyl (C=O) groups is 1. The number of imidazole rings is 1. The molecule has 31 heavy (non-hydrogen) atoms. The van der Waals surface area contributed by atoms with Crippen molar-refractivity contribution in [2.45, 2.75) is 32.1 Å². The molecule has 0 spiro atoms. The first-order valence-corrected chi connectivity index (χ1v) is 10.7. The van der Waals surface area contributed by atoms with Crippen molar-refractivity contribution in [3.05, 3.63) is 71.8 Å². The summed E-state index contributed by atoms with van der Waals surface area (Å²) in [6.45, 7) is 2.73. The van der Waals surface area contributed by atoms with Gasteiger partial charge in [0.15, 0.2) is 0 Å². The Labute approximate surface area is 180 Å². The van der Waals surface area contributed by atoms with Crippen molar-refractivity contribution in [2.75, 3.05) is 13.1 Å². The molecule has 6 rings (SSSR count). The highest BCUT2D eigenvalue weighted by Gasteiger charge is 2.31. The second-order valence-corrected chi connectivity index (χ2v) is 8.35. The summed E-state index contributed by atoms with van der Waals surface area (Å²) in [5.41, 5.74) is 7.07. The summed E-state index contributed by atoms with van der Waals surface area (Å²) in [4.78, 5) is 33.0. The van der Waals surface area contributed by atoms with Crippen molar-refractivity contribution in [2.24, 2.45) is 4.99 Å². The predicted molar refractivity (Wildman–Crippen MR) is 118 cm³/mol. The molecule has 3 aliphatic rings. The molecule has 2 aliphatic heterocycles. The largest absolute Gasteiger partial charge is 0.308 e. The molecule has 1 aliphatic carbocycles. The van der Waals surface area contributed by atoms with Crippen LogP contribution in [0.15, 0.2) is 54.2 Å². The molecule has 0 saturated heterocycles. The van der Waals surface area contributed by atoms with E-state index in [4.69, 9.17) is 4.98 Å². The van der Waals surface area contributed by atoms with Crippen molar-refractivity contribution >= 4 is 17.4 Å². The fourth-order valence-corrected chi connectivity index (χ4v) is 4.35. The van der Waals surface area contributed by atoms with Gasteiger partial charge in [0.05, 0.1) is 17.1 Å². The minimum Gasteiger partial charge on any atom is -0.308 e. The number of pyridine rings is 2. The topological polar surface area (TPSA) is 76.3 Å². The van der Waals surface area contributed by atoms with E-state index >= 15 is 0 Å². The van der Waals surface area contributed by atoms with Gasteiger partial charge in [-0.25, -0.2) is 4.98 Å². The van der Waals surface area contributed by atoms with E-state index in [0.717, 1.165) is 51.7 Å². The zero-order chi connectivity index (χ0) is 20.9. The molecule has 7 heteroatoms. The molecule has 3 aromatic heterocycles. The number of nitrogens with zero attached hydrogens (tertiary/aromatic N) is 6. The molecule has 0 atom stereocenters. The molecular weight excluding hydrogens is 388 g/mol. The van der Waals surface area contributed by atoms with Crippen LogP contribution >= 0.6 is 0 Å².